The quantitative estimate of drug-likeness (QED) is 0.207. The van der Waals surface area contributed by atoms with Crippen LogP contribution in [0.25, 0.3) is 6.08 Å². The number of hydrogen-bond donors (Lipinski definition) is 6. The van der Waals surface area contributed by atoms with Crippen LogP contribution in [0.3, 0.4) is 0 Å². The number of carbonyl (C=O) groups is 1. The molecule has 0 spiro atoms. The maximum absolute atomic E-state index is 11.4. The van der Waals surface area contributed by atoms with E-state index in [4.69, 9.17) is 15.3 Å². The second kappa shape index (κ2) is 8.35. The number of aliphatic hydroxyl groups excluding tert-OH is 4. The monoisotopic (exact) mass is 314 g/mol. The Balaban J connectivity index is 2.49. The summed E-state index contributed by atoms with van der Waals surface area (Å²) in [6.45, 7) is -1.31. The zero-order chi connectivity index (χ0) is 16.7. The SMILES string of the molecule is O=C(C=Cc1ccc(O)c(O)c1)OC[C@H](O)[C@H](O)[C@H](O)CO. The highest BCUT2D eigenvalue weighted by Crippen LogP contribution is 2.25. The van der Waals surface area contributed by atoms with Crippen molar-refractivity contribution in [2.24, 2.45) is 0 Å². The van der Waals surface area contributed by atoms with Gasteiger partial charge in [-0.1, -0.05) is 6.07 Å². The Morgan fingerprint density at radius 2 is 1.82 bits per heavy atom. The first kappa shape index (κ1) is 17.9. The van der Waals surface area contributed by atoms with Crippen molar-refractivity contribution in [3.8, 4) is 11.5 Å². The molecule has 3 atom stereocenters. The summed E-state index contributed by atoms with van der Waals surface area (Å²) in [5.41, 5.74) is 0.434. The highest BCUT2D eigenvalue weighted by Gasteiger charge is 2.24. The molecule has 1 rings (SSSR count). The number of hydrogen-bond acceptors (Lipinski definition) is 8. The van der Waals surface area contributed by atoms with Crippen LogP contribution in [0.1, 0.15) is 5.56 Å². The van der Waals surface area contributed by atoms with E-state index in [1.54, 1.807) is 0 Å². The fraction of sp³-hybridized carbons (Fsp3) is 0.357. The van der Waals surface area contributed by atoms with Crippen molar-refractivity contribution in [1.82, 2.24) is 0 Å². The second-order valence-electron chi connectivity index (χ2n) is 4.52. The van der Waals surface area contributed by atoms with Crippen LogP contribution in [0, 0.1) is 0 Å². The Labute approximate surface area is 126 Å². The number of benzene rings is 1. The number of aromatic hydroxyl groups is 2. The molecule has 1 aromatic rings. The summed E-state index contributed by atoms with van der Waals surface area (Å²) in [4.78, 5) is 11.4. The van der Waals surface area contributed by atoms with Gasteiger partial charge in [-0.2, -0.15) is 0 Å². The molecule has 0 aliphatic heterocycles. The summed E-state index contributed by atoms with van der Waals surface area (Å²) < 4.78 is 4.65. The number of carbonyl (C=O) groups excluding carboxylic acids is 1. The summed E-state index contributed by atoms with van der Waals surface area (Å²) >= 11 is 0. The predicted octanol–water partition coefficient (Wildman–Crippen LogP) is -1.27. The zero-order valence-electron chi connectivity index (χ0n) is 11.5. The topological polar surface area (TPSA) is 148 Å². The average molecular weight is 314 g/mol. The Bertz CT molecular complexity index is 528. The average Bonchev–Trinajstić information content (AvgIpc) is 2.52. The second-order valence-corrected chi connectivity index (χ2v) is 4.52. The molecule has 0 aliphatic rings. The van der Waals surface area contributed by atoms with Crippen molar-refractivity contribution >= 4 is 12.0 Å². The molecule has 0 fully saturated rings. The maximum Gasteiger partial charge on any atom is 0.330 e. The minimum absolute atomic E-state index is 0.292. The lowest BCUT2D eigenvalue weighted by molar-refractivity contribution is -0.146. The Morgan fingerprint density at radius 3 is 2.41 bits per heavy atom. The Kier molecular flexibility index (Phi) is 6.80. The van der Waals surface area contributed by atoms with Crippen LogP contribution in [-0.4, -0.2) is 68.1 Å². The van der Waals surface area contributed by atoms with Gasteiger partial charge in [-0.15, -0.1) is 0 Å². The van der Waals surface area contributed by atoms with E-state index < -0.39 is 37.5 Å². The van der Waals surface area contributed by atoms with Crippen LogP contribution in [0.2, 0.25) is 0 Å². The molecule has 0 aromatic heterocycles. The van der Waals surface area contributed by atoms with Crippen molar-refractivity contribution < 1.29 is 40.2 Å². The third-order valence-corrected chi connectivity index (χ3v) is 2.78. The number of aliphatic hydroxyl groups is 4. The lowest BCUT2D eigenvalue weighted by Gasteiger charge is -2.20. The van der Waals surface area contributed by atoms with Gasteiger partial charge in [0, 0.05) is 6.08 Å². The van der Waals surface area contributed by atoms with E-state index in [-0.39, 0.29) is 11.5 Å². The number of esters is 1. The van der Waals surface area contributed by atoms with Crippen LogP contribution >= 0.6 is 0 Å². The molecule has 8 nitrogen and oxygen atoms in total. The van der Waals surface area contributed by atoms with Crippen LogP contribution in [-0.2, 0) is 9.53 Å². The van der Waals surface area contributed by atoms with Crippen molar-refractivity contribution in [3.05, 3.63) is 29.8 Å². The first-order chi connectivity index (χ1) is 10.3. The van der Waals surface area contributed by atoms with Crippen molar-refractivity contribution in [2.75, 3.05) is 13.2 Å². The van der Waals surface area contributed by atoms with E-state index in [1.807, 2.05) is 0 Å². The molecule has 22 heavy (non-hydrogen) atoms. The van der Waals surface area contributed by atoms with Gasteiger partial charge < -0.3 is 35.4 Å². The van der Waals surface area contributed by atoms with Gasteiger partial charge in [-0.3, -0.25) is 0 Å². The largest absolute Gasteiger partial charge is 0.504 e. The number of rotatable bonds is 7. The number of phenols is 2. The summed E-state index contributed by atoms with van der Waals surface area (Å²) in [6, 6.07) is 3.93. The third kappa shape index (κ3) is 5.34. The summed E-state index contributed by atoms with van der Waals surface area (Å²) in [7, 11) is 0. The first-order valence-electron chi connectivity index (χ1n) is 6.37. The first-order valence-corrected chi connectivity index (χ1v) is 6.37. The number of phenolic OH excluding ortho intramolecular Hbond substituents is 2. The van der Waals surface area contributed by atoms with Gasteiger partial charge in [0.05, 0.1) is 6.61 Å². The van der Waals surface area contributed by atoms with Gasteiger partial charge in [0.2, 0.25) is 0 Å². The molecule has 0 amide bonds. The van der Waals surface area contributed by atoms with Crippen LogP contribution < -0.4 is 0 Å². The van der Waals surface area contributed by atoms with Crippen molar-refractivity contribution in [2.45, 2.75) is 18.3 Å². The fourth-order valence-corrected chi connectivity index (χ4v) is 1.49. The lowest BCUT2D eigenvalue weighted by Crippen LogP contribution is -2.42. The van der Waals surface area contributed by atoms with Gasteiger partial charge in [0.1, 0.15) is 24.9 Å². The molecule has 0 saturated heterocycles. The van der Waals surface area contributed by atoms with E-state index in [1.165, 1.54) is 24.3 Å². The molecule has 0 heterocycles. The molecule has 0 bridgehead atoms. The van der Waals surface area contributed by atoms with Crippen molar-refractivity contribution in [1.29, 1.82) is 0 Å². The zero-order valence-corrected chi connectivity index (χ0v) is 11.5. The van der Waals surface area contributed by atoms with Gasteiger partial charge in [-0.05, 0) is 23.8 Å². The molecule has 0 radical (unpaired) electrons. The van der Waals surface area contributed by atoms with E-state index in [9.17, 15) is 20.1 Å². The van der Waals surface area contributed by atoms with Crippen LogP contribution in [0.4, 0.5) is 0 Å². The van der Waals surface area contributed by atoms with Gasteiger partial charge in [-0.25, -0.2) is 4.79 Å². The summed E-state index contributed by atoms with van der Waals surface area (Å²) in [6.07, 6.45) is -2.39. The smallest absolute Gasteiger partial charge is 0.330 e. The van der Waals surface area contributed by atoms with E-state index in [0.717, 1.165) is 6.08 Å². The van der Waals surface area contributed by atoms with Gasteiger partial charge in [0.15, 0.2) is 11.5 Å². The standard InChI is InChI=1S/C14H18O8/c15-6-11(18)14(21)12(19)7-22-13(20)4-2-8-1-3-9(16)10(17)5-8/h1-5,11-12,14-19,21H,6-7H2/t11-,12+,14-/m1/s1. The lowest BCUT2D eigenvalue weighted by atomic mass is 10.1. The van der Waals surface area contributed by atoms with E-state index in [0.29, 0.717) is 5.56 Å². The van der Waals surface area contributed by atoms with Crippen LogP contribution in [0.5, 0.6) is 11.5 Å². The molecule has 1 aromatic carbocycles. The normalized spacial score (nSPS) is 15.5. The van der Waals surface area contributed by atoms with E-state index >= 15 is 0 Å². The molecule has 0 aliphatic carbocycles. The van der Waals surface area contributed by atoms with Gasteiger partial charge in [0.25, 0.3) is 0 Å². The van der Waals surface area contributed by atoms with Gasteiger partial charge >= 0.3 is 5.97 Å². The summed E-state index contributed by atoms with van der Waals surface area (Å²) in [5.74, 6) is -1.45. The highest BCUT2D eigenvalue weighted by molar-refractivity contribution is 5.87. The Hall–Kier alpha value is -2.13. The molecule has 122 valence electrons. The molecular formula is C14H18O8. The van der Waals surface area contributed by atoms with Crippen LogP contribution in [0.15, 0.2) is 24.3 Å². The third-order valence-electron chi connectivity index (χ3n) is 2.78. The molecule has 0 unspecified atom stereocenters. The minimum Gasteiger partial charge on any atom is -0.504 e. The molecule has 6 N–H and O–H groups in total. The minimum atomic E-state index is -1.64. The molecular weight excluding hydrogens is 296 g/mol. The number of ether oxygens (including phenoxy) is 1. The molecule has 8 heteroatoms. The Morgan fingerprint density at radius 1 is 1.14 bits per heavy atom. The predicted molar refractivity (Wildman–Crippen MR) is 74.9 cm³/mol. The maximum atomic E-state index is 11.4. The van der Waals surface area contributed by atoms with Crippen molar-refractivity contribution in [3.63, 3.8) is 0 Å². The fourth-order valence-electron chi connectivity index (χ4n) is 1.49. The van der Waals surface area contributed by atoms with E-state index in [2.05, 4.69) is 4.74 Å². The molecule has 0 saturated carbocycles. The highest BCUT2D eigenvalue weighted by atomic mass is 16.5. The summed E-state index contributed by atoms with van der Waals surface area (Å²) in [5, 5.41) is 54.9.